The van der Waals surface area contributed by atoms with Crippen LogP contribution in [0.25, 0.3) is 11.3 Å². The molecule has 4 rings (SSSR count). The van der Waals surface area contributed by atoms with Crippen LogP contribution in [0.5, 0.6) is 0 Å². The van der Waals surface area contributed by atoms with E-state index in [0.717, 1.165) is 18.4 Å². The first-order valence-corrected chi connectivity index (χ1v) is 8.30. The summed E-state index contributed by atoms with van der Waals surface area (Å²) < 4.78 is 10.3. The molecule has 0 N–H and O–H groups in total. The van der Waals surface area contributed by atoms with E-state index in [2.05, 4.69) is 15.3 Å². The van der Waals surface area contributed by atoms with Gasteiger partial charge in [-0.3, -0.25) is 4.79 Å². The Kier molecular flexibility index (Phi) is 4.05. The van der Waals surface area contributed by atoms with E-state index < -0.39 is 0 Å². The summed E-state index contributed by atoms with van der Waals surface area (Å²) in [5.74, 6) is 1.37. The van der Waals surface area contributed by atoms with Crippen molar-refractivity contribution in [2.75, 3.05) is 7.05 Å². The molecule has 7 nitrogen and oxygen atoms in total. The van der Waals surface area contributed by atoms with Crippen LogP contribution in [-0.2, 0) is 6.54 Å². The maximum atomic E-state index is 12.8. The van der Waals surface area contributed by atoms with E-state index in [-0.39, 0.29) is 12.5 Å². The maximum Gasteiger partial charge on any atom is 0.259 e. The SMILES string of the molecule is CN(Cc1noc(C2CCC2)n1)C(=O)c1conc1-c1ccccc1. The Hall–Kier alpha value is -2.96. The number of aromatic nitrogens is 3. The highest BCUT2D eigenvalue weighted by Gasteiger charge is 2.26. The van der Waals surface area contributed by atoms with Gasteiger partial charge < -0.3 is 13.9 Å². The maximum absolute atomic E-state index is 12.8. The second-order valence-electron chi connectivity index (χ2n) is 6.28. The molecule has 1 aliphatic carbocycles. The lowest BCUT2D eigenvalue weighted by Crippen LogP contribution is -2.27. The average molecular weight is 338 g/mol. The van der Waals surface area contributed by atoms with Crippen molar-refractivity contribution in [2.45, 2.75) is 31.7 Å². The summed E-state index contributed by atoms with van der Waals surface area (Å²) in [6.07, 6.45) is 4.77. The standard InChI is InChI=1S/C18H18N4O3/c1-22(10-15-19-17(25-20-15)13-8-5-9-13)18(23)14-11-24-21-16(14)12-6-3-2-4-7-12/h2-4,6-7,11,13H,5,8-10H2,1H3. The molecule has 1 amide bonds. The molecular formula is C18H18N4O3. The Bertz CT molecular complexity index is 867. The number of amides is 1. The molecule has 1 aromatic carbocycles. The first-order valence-electron chi connectivity index (χ1n) is 8.30. The monoisotopic (exact) mass is 338 g/mol. The van der Waals surface area contributed by atoms with Gasteiger partial charge in [-0.15, -0.1) is 0 Å². The van der Waals surface area contributed by atoms with E-state index in [1.54, 1.807) is 7.05 Å². The Morgan fingerprint density at radius 1 is 1.24 bits per heavy atom. The third kappa shape index (κ3) is 3.05. The van der Waals surface area contributed by atoms with Gasteiger partial charge in [-0.25, -0.2) is 0 Å². The van der Waals surface area contributed by atoms with Gasteiger partial charge in [0.1, 0.15) is 17.5 Å². The largest absolute Gasteiger partial charge is 0.363 e. The van der Waals surface area contributed by atoms with Crippen LogP contribution in [0, 0.1) is 0 Å². The van der Waals surface area contributed by atoms with Crippen LogP contribution >= 0.6 is 0 Å². The predicted molar refractivity (Wildman–Crippen MR) is 88.6 cm³/mol. The van der Waals surface area contributed by atoms with E-state index in [0.29, 0.717) is 28.9 Å². The van der Waals surface area contributed by atoms with E-state index in [1.165, 1.54) is 17.6 Å². The number of rotatable bonds is 5. The fraction of sp³-hybridized carbons (Fsp3) is 0.333. The summed E-state index contributed by atoms with van der Waals surface area (Å²) in [6.45, 7) is 0.272. The number of hydrogen-bond donors (Lipinski definition) is 0. The number of benzene rings is 1. The highest BCUT2D eigenvalue weighted by atomic mass is 16.5. The van der Waals surface area contributed by atoms with Gasteiger partial charge in [-0.05, 0) is 12.8 Å². The molecule has 2 heterocycles. The number of hydrogen-bond acceptors (Lipinski definition) is 6. The van der Waals surface area contributed by atoms with E-state index in [9.17, 15) is 4.79 Å². The molecule has 3 aromatic rings. The third-order valence-electron chi connectivity index (χ3n) is 4.51. The molecule has 0 atom stereocenters. The van der Waals surface area contributed by atoms with Crippen molar-refractivity contribution in [1.29, 1.82) is 0 Å². The van der Waals surface area contributed by atoms with Gasteiger partial charge in [0.15, 0.2) is 5.82 Å². The third-order valence-corrected chi connectivity index (χ3v) is 4.51. The normalized spacial score (nSPS) is 14.3. The van der Waals surface area contributed by atoms with Crippen LogP contribution in [0.4, 0.5) is 0 Å². The first-order chi connectivity index (χ1) is 12.2. The molecule has 2 aromatic heterocycles. The average Bonchev–Trinajstić information content (AvgIpc) is 3.23. The van der Waals surface area contributed by atoms with E-state index >= 15 is 0 Å². The van der Waals surface area contributed by atoms with Crippen molar-refractivity contribution in [3.63, 3.8) is 0 Å². The zero-order valence-corrected chi connectivity index (χ0v) is 13.9. The molecule has 0 unspecified atom stereocenters. The molecule has 7 heteroatoms. The Labute approximate surface area is 144 Å². The van der Waals surface area contributed by atoms with Gasteiger partial charge in [0.25, 0.3) is 5.91 Å². The second-order valence-corrected chi connectivity index (χ2v) is 6.28. The lowest BCUT2D eigenvalue weighted by Gasteiger charge is -2.20. The van der Waals surface area contributed by atoms with Crippen molar-refractivity contribution in [1.82, 2.24) is 20.2 Å². The van der Waals surface area contributed by atoms with Crippen molar-refractivity contribution in [3.05, 3.63) is 53.9 Å². The van der Waals surface area contributed by atoms with Gasteiger partial charge in [-0.1, -0.05) is 47.1 Å². The molecule has 1 fully saturated rings. The number of carbonyl (C=O) groups excluding carboxylic acids is 1. The summed E-state index contributed by atoms with van der Waals surface area (Å²) in [5, 5.41) is 7.96. The fourth-order valence-corrected chi connectivity index (χ4v) is 2.83. The summed E-state index contributed by atoms with van der Waals surface area (Å²) in [4.78, 5) is 18.7. The minimum absolute atomic E-state index is 0.199. The molecule has 128 valence electrons. The summed E-state index contributed by atoms with van der Waals surface area (Å²) >= 11 is 0. The lowest BCUT2D eigenvalue weighted by atomic mass is 9.85. The van der Waals surface area contributed by atoms with E-state index in [4.69, 9.17) is 9.05 Å². The van der Waals surface area contributed by atoms with Crippen molar-refractivity contribution >= 4 is 5.91 Å². The first kappa shape index (κ1) is 15.6. The number of nitrogens with zero attached hydrogens (tertiary/aromatic N) is 4. The molecule has 0 bridgehead atoms. The quantitative estimate of drug-likeness (QED) is 0.710. The molecule has 0 saturated heterocycles. The Morgan fingerprint density at radius 3 is 2.76 bits per heavy atom. The van der Waals surface area contributed by atoms with Crippen LogP contribution in [0.2, 0.25) is 0 Å². The molecule has 0 aliphatic heterocycles. The smallest absolute Gasteiger partial charge is 0.259 e. The van der Waals surface area contributed by atoms with Crippen molar-refractivity contribution < 1.29 is 13.8 Å². The second kappa shape index (κ2) is 6.51. The zero-order chi connectivity index (χ0) is 17.2. The Morgan fingerprint density at radius 2 is 2.04 bits per heavy atom. The van der Waals surface area contributed by atoms with Crippen LogP contribution in [0.15, 0.2) is 45.6 Å². The predicted octanol–water partition coefficient (Wildman–Crippen LogP) is 3.26. The van der Waals surface area contributed by atoms with Crippen LogP contribution < -0.4 is 0 Å². The highest BCUT2D eigenvalue weighted by Crippen LogP contribution is 2.35. The van der Waals surface area contributed by atoms with Crippen LogP contribution in [0.1, 0.15) is 47.3 Å². The molecule has 1 saturated carbocycles. The van der Waals surface area contributed by atoms with Crippen molar-refractivity contribution in [2.24, 2.45) is 0 Å². The molecular weight excluding hydrogens is 320 g/mol. The van der Waals surface area contributed by atoms with Gasteiger partial charge in [0.2, 0.25) is 5.89 Å². The highest BCUT2D eigenvalue weighted by molar-refractivity contribution is 5.99. The minimum Gasteiger partial charge on any atom is -0.363 e. The fourth-order valence-electron chi connectivity index (χ4n) is 2.83. The molecule has 1 aliphatic rings. The Balaban J connectivity index is 1.49. The van der Waals surface area contributed by atoms with Crippen molar-refractivity contribution in [3.8, 4) is 11.3 Å². The number of carbonyl (C=O) groups is 1. The van der Waals surface area contributed by atoms with E-state index in [1.807, 2.05) is 30.3 Å². The van der Waals surface area contributed by atoms with Crippen LogP contribution in [0.3, 0.4) is 0 Å². The van der Waals surface area contributed by atoms with Gasteiger partial charge in [0, 0.05) is 18.5 Å². The topological polar surface area (TPSA) is 85.3 Å². The summed E-state index contributed by atoms with van der Waals surface area (Å²) in [7, 11) is 1.70. The molecule has 25 heavy (non-hydrogen) atoms. The summed E-state index contributed by atoms with van der Waals surface area (Å²) in [6, 6.07) is 9.47. The van der Waals surface area contributed by atoms with Gasteiger partial charge >= 0.3 is 0 Å². The van der Waals surface area contributed by atoms with Crippen LogP contribution in [-0.4, -0.2) is 33.2 Å². The van der Waals surface area contributed by atoms with Gasteiger partial charge in [0.05, 0.1) is 6.54 Å². The zero-order valence-electron chi connectivity index (χ0n) is 13.9. The minimum atomic E-state index is -0.199. The lowest BCUT2D eigenvalue weighted by molar-refractivity contribution is 0.0780. The summed E-state index contributed by atoms with van der Waals surface area (Å²) in [5.41, 5.74) is 1.77. The molecule has 0 radical (unpaired) electrons. The van der Waals surface area contributed by atoms with Gasteiger partial charge in [-0.2, -0.15) is 4.98 Å². The molecule has 0 spiro atoms.